The van der Waals surface area contributed by atoms with Crippen LogP contribution < -0.4 is 30.6 Å². The number of aliphatic imine (C=N–C) groups is 1. The molecular formula is C21H29IN4O4. The molecule has 164 valence electrons. The molecule has 0 atom stereocenters. The number of carbonyl (C=O) groups is 1. The van der Waals surface area contributed by atoms with E-state index < -0.39 is 5.91 Å². The Kier molecular flexibility index (Phi) is 11.4. The van der Waals surface area contributed by atoms with Crippen molar-refractivity contribution in [3.8, 4) is 17.2 Å². The van der Waals surface area contributed by atoms with E-state index in [1.807, 2.05) is 36.4 Å². The fourth-order valence-electron chi connectivity index (χ4n) is 2.67. The third kappa shape index (κ3) is 8.36. The van der Waals surface area contributed by atoms with Crippen molar-refractivity contribution in [2.45, 2.75) is 13.0 Å². The van der Waals surface area contributed by atoms with Crippen molar-refractivity contribution in [2.75, 3.05) is 34.4 Å². The SMILES string of the molecule is CN=C(NCCc1ccc(OC)c(OC)c1)NCc1cccc(OCC(N)=O)c1.I. The van der Waals surface area contributed by atoms with Crippen LogP contribution in [0.2, 0.25) is 0 Å². The van der Waals surface area contributed by atoms with Gasteiger partial charge >= 0.3 is 0 Å². The second kappa shape index (κ2) is 13.5. The average molecular weight is 528 g/mol. The van der Waals surface area contributed by atoms with Crippen LogP contribution in [0.3, 0.4) is 0 Å². The summed E-state index contributed by atoms with van der Waals surface area (Å²) in [4.78, 5) is 15.1. The van der Waals surface area contributed by atoms with E-state index in [1.54, 1.807) is 27.3 Å². The Labute approximate surface area is 194 Å². The van der Waals surface area contributed by atoms with Gasteiger partial charge in [0.1, 0.15) is 5.75 Å². The van der Waals surface area contributed by atoms with Gasteiger partial charge in [-0.1, -0.05) is 18.2 Å². The average Bonchev–Trinajstić information content (AvgIpc) is 2.74. The Bertz CT molecular complexity index is 846. The number of nitrogens with one attached hydrogen (secondary N) is 2. The number of benzene rings is 2. The molecule has 9 heteroatoms. The first-order chi connectivity index (χ1) is 14.0. The van der Waals surface area contributed by atoms with Crippen molar-refractivity contribution in [2.24, 2.45) is 10.7 Å². The van der Waals surface area contributed by atoms with Gasteiger partial charge in [0.05, 0.1) is 14.2 Å². The molecule has 30 heavy (non-hydrogen) atoms. The van der Waals surface area contributed by atoms with E-state index >= 15 is 0 Å². The Hall–Kier alpha value is -2.69. The molecule has 8 nitrogen and oxygen atoms in total. The second-order valence-corrected chi connectivity index (χ2v) is 6.19. The van der Waals surface area contributed by atoms with Gasteiger partial charge in [-0.25, -0.2) is 0 Å². The number of nitrogens with two attached hydrogens (primary N) is 1. The molecule has 0 aliphatic rings. The number of nitrogens with zero attached hydrogens (tertiary/aromatic N) is 1. The molecule has 0 bridgehead atoms. The first-order valence-electron chi connectivity index (χ1n) is 9.21. The third-order valence-corrected chi connectivity index (χ3v) is 4.12. The summed E-state index contributed by atoms with van der Waals surface area (Å²) in [5, 5.41) is 6.54. The van der Waals surface area contributed by atoms with E-state index in [0.717, 1.165) is 17.5 Å². The predicted octanol–water partition coefficient (Wildman–Crippen LogP) is 2.09. The summed E-state index contributed by atoms with van der Waals surface area (Å²) in [6.07, 6.45) is 0.803. The highest BCUT2D eigenvalue weighted by Gasteiger charge is 2.05. The van der Waals surface area contributed by atoms with Crippen LogP contribution in [0, 0.1) is 0 Å². The molecule has 0 aliphatic heterocycles. The van der Waals surface area contributed by atoms with E-state index in [0.29, 0.717) is 36.3 Å². The number of primary amides is 1. The standard InChI is InChI=1S/C21H28N4O4.HI/c1-23-21(24-10-9-15-7-8-18(27-2)19(12-15)28-3)25-13-16-5-4-6-17(11-16)29-14-20(22)26;/h4-8,11-12H,9-10,13-14H2,1-3H3,(H2,22,26)(H2,23,24,25);1H. The van der Waals surface area contributed by atoms with Crippen LogP contribution >= 0.6 is 24.0 Å². The number of rotatable bonds is 10. The molecule has 0 radical (unpaired) electrons. The number of halogens is 1. The zero-order valence-electron chi connectivity index (χ0n) is 17.4. The Morgan fingerprint density at radius 2 is 1.80 bits per heavy atom. The summed E-state index contributed by atoms with van der Waals surface area (Å²) in [5.74, 6) is 2.20. The lowest BCUT2D eigenvalue weighted by Gasteiger charge is -2.13. The predicted molar refractivity (Wildman–Crippen MR) is 128 cm³/mol. The van der Waals surface area contributed by atoms with E-state index in [1.165, 1.54) is 0 Å². The molecule has 0 fully saturated rings. The Morgan fingerprint density at radius 1 is 1.03 bits per heavy atom. The van der Waals surface area contributed by atoms with Gasteiger partial charge in [0, 0.05) is 20.1 Å². The lowest BCUT2D eigenvalue weighted by Crippen LogP contribution is -2.37. The van der Waals surface area contributed by atoms with Gasteiger partial charge in [-0.2, -0.15) is 0 Å². The van der Waals surface area contributed by atoms with Gasteiger partial charge in [-0.3, -0.25) is 9.79 Å². The van der Waals surface area contributed by atoms with Gasteiger partial charge in [-0.05, 0) is 41.8 Å². The molecule has 4 N–H and O–H groups in total. The maximum absolute atomic E-state index is 10.8. The van der Waals surface area contributed by atoms with Crippen LogP contribution in [0.1, 0.15) is 11.1 Å². The zero-order chi connectivity index (χ0) is 21.1. The van der Waals surface area contributed by atoms with Crippen molar-refractivity contribution in [1.82, 2.24) is 10.6 Å². The first-order valence-corrected chi connectivity index (χ1v) is 9.21. The number of hydrogen-bond donors (Lipinski definition) is 3. The molecule has 0 aliphatic carbocycles. The van der Waals surface area contributed by atoms with Crippen molar-refractivity contribution in [1.29, 1.82) is 0 Å². The quantitative estimate of drug-likeness (QED) is 0.248. The van der Waals surface area contributed by atoms with Gasteiger partial charge in [0.15, 0.2) is 24.1 Å². The molecule has 0 saturated heterocycles. The Balaban J connectivity index is 0.00000450. The van der Waals surface area contributed by atoms with E-state index in [9.17, 15) is 4.79 Å². The number of amides is 1. The summed E-state index contributed by atoms with van der Waals surface area (Å²) in [6.45, 7) is 1.12. The van der Waals surface area contributed by atoms with Gasteiger partial charge in [0.2, 0.25) is 0 Å². The highest BCUT2D eigenvalue weighted by atomic mass is 127. The van der Waals surface area contributed by atoms with Gasteiger partial charge in [0.25, 0.3) is 5.91 Å². The number of guanidine groups is 1. The molecular weight excluding hydrogens is 499 g/mol. The third-order valence-electron chi connectivity index (χ3n) is 4.12. The summed E-state index contributed by atoms with van der Waals surface area (Å²) in [6, 6.07) is 13.3. The van der Waals surface area contributed by atoms with Crippen molar-refractivity contribution < 1.29 is 19.0 Å². The molecule has 2 aromatic rings. The van der Waals surface area contributed by atoms with Crippen LogP contribution in [-0.4, -0.2) is 46.3 Å². The lowest BCUT2D eigenvalue weighted by molar-refractivity contribution is -0.119. The number of methoxy groups -OCH3 is 2. The van der Waals surface area contributed by atoms with E-state index in [4.69, 9.17) is 19.9 Å². The minimum absolute atomic E-state index is 0. The Morgan fingerprint density at radius 3 is 2.47 bits per heavy atom. The maximum Gasteiger partial charge on any atom is 0.255 e. The van der Waals surface area contributed by atoms with Crippen LogP contribution in [0.5, 0.6) is 17.2 Å². The molecule has 0 heterocycles. The van der Waals surface area contributed by atoms with Crippen molar-refractivity contribution in [3.63, 3.8) is 0 Å². The summed E-state index contributed by atoms with van der Waals surface area (Å²) in [7, 11) is 4.96. The highest BCUT2D eigenvalue weighted by Crippen LogP contribution is 2.27. The number of carbonyl (C=O) groups excluding carboxylic acids is 1. The van der Waals surface area contributed by atoms with E-state index in [2.05, 4.69) is 15.6 Å². The smallest absolute Gasteiger partial charge is 0.255 e. The molecule has 0 unspecified atom stereocenters. The van der Waals surface area contributed by atoms with Crippen LogP contribution in [0.4, 0.5) is 0 Å². The first kappa shape index (κ1) is 25.3. The van der Waals surface area contributed by atoms with Crippen molar-refractivity contribution in [3.05, 3.63) is 53.6 Å². The number of ether oxygens (including phenoxy) is 3. The lowest BCUT2D eigenvalue weighted by atomic mass is 10.1. The molecule has 2 aromatic carbocycles. The minimum Gasteiger partial charge on any atom is -0.493 e. The van der Waals surface area contributed by atoms with Crippen LogP contribution in [0.25, 0.3) is 0 Å². The summed E-state index contributed by atoms with van der Waals surface area (Å²) < 4.78 is 15.9. The molecule has 2 rings (SSSR count). The second-order valence-electron chi connectivity index (χ2n) is 6.19. The van der Waals surface area contributed by atoms with Gasteiger partial charge in [-0.15, -0.1) is 24.0 Å². The topological polar surface area (TPSA) is 107 Å². The van der Waals surface area contributed by atoms with E-state index in [-0.39, 0.29) is 30.6 Å². The molecule has 0 spiro atoms. The van der Waals surface area contributed by atoms with Gasteiger partial charge < -0.3 is 30.6 Å². The fourth-order valence-corrected chi connectivity index (χ4v) is 2.67. The summed E-state index contributed by atoms with van der Waals surface area (Å²) >= 11 is 0. The molecule has 0 aromatic heterocycles. The van der Waals surface area contributed by atoms with Crippen LogP contribution in [-0.2, 0) is 17.8 Å². The monoisotopic (exact) mass is 528 g/mol. The molecule has 1 amide bonds. The van der Waals surface area contributed by atoms with Crippen LogP contribution in [0.15, 0.2) is 47.5 Å². The molecule has 0 saturated carbocycles. The normalized spacial score (nSPS) is 10.6. The summed E-state index contributed by atoms with van der Waals surface area (Å²) in [5.41, 5.74) is 7.23. The minimum atomic E-state index is -0.507. The highest BCUT2D eigenvalue weighted by molar-refractivity contribution is 14.0. The van der Waals surface area contributed by atoms with Crippen molar-refractivity contribution >= 4 is 35.8 Å². The zero-order valence-corrected chi connectivity index (χ0v) is 19.8. The largest absolute Gasteiger partial charge is 0.493 e. The number of hydrogen-bond acceptors (Lipinski definition) is 5. The fraction of sp³-hybridized carbons (Fsp3) is 0.333. The maximum atomic E-state index is 10.8.